The molecule has 1 fully saturated rings. The molecular weight excluding hydrogens is 174 g/mol. The van der Waals surface area contributed by atoms with Gasteiger partial charge in [-0.2, -0.15) is 0 Å². The van der Waals surface area contributed by atoms with Crippen LogP contribution in [0.4, 0.5) is 0 Å². The first kappa shape index (κ1) is 11.6. The largest absolute Gasteiger partial charge is 0.381 e. The molecule has 1 aliphatic rings. The third-order valence-corrected chi connectivity index (χ3v) is 2.13. The highest BCUT2D eigenvalue weighted by Crippen LogP contribution is 2.10. The van der Waals surface area contributed by atoms with Crippen LogP contribution in [-0.2, 0) is 4.74 Å². The summed E-state index contributed by atoms with van der Waals surface area (Å²) in [5.41, 5.74) is 0.123. The van der Waals surface area contributed by atoms with E-state index in [9.17, 15) is 0 Å². The monoisotopic (exact) mass is 195 g/mol. The molecule has 1 rings (SSSR count). The summed E-state index contributed by atoms with van der Waals surface area (Å²) < 4.78 is 5.29. The fourth-order valence-electron chi connectivity index (χ4n) is 1.39. The van der Waals surface area contributed by atoms with E-state index >= 15 is 0 Å². The third-order valence-electron chi connectivity index (χ3n) is 2.13. The van der Waals surface area contributed by atoms with Crippen molar-refractivity contribution < 1.29 is 4.74 Å². The molecule has 0 bridgehead atoms. The first-order chi connectivity index (χ1) is 6.58. The second kappa shape index (κ2) is 5.38. The molecule has 2 heteroatoms. The lowest BCUT2D eigenvalue weighted by Gasteiger charge is -2.08. The van der Waals surface area contributed by atoms with E-state index in [2.05, 4.69) is 37.9 Å². The summed E-state index contributed by atoms with van der Waals surface area (Å²) in [5, 5.41) is 3.35. The van der Waals surface area contributed by atoms with E-state index < -0.39 is 0 Å². The minimum Gasteiger partial charge on any atom is -0.381 e. The van der Waals surface area contributed by atoms with Gasteiger partial charge in [0.2, 0.25) is 0 Å². The molecule has 0 radical (unpaired) electrons. The number of ether oxygens (including phenoxy) is 1. The Morgan fingerprint density at radius 2 is 2.21 bits per heavy atom. The van der Waals surface area contributed by atoms with Crippen molar-refractivity contribution in [2.75, 3.05) is 26.3 Å². The summed E-state index contributed by atoms with van der Waals surface area (Å²) in [7, 11) is 0. The third kappa shape index (κ3) is 5.26. The van der Waals surface area contributed by atoms with Gasteiger partial charge in [-0.3, -0.25) is 0 Å². The average molecular weight is 195 g/mol. The zero-order valence-corrected chi connectivity index (χ0v) is 9.52. The van der Waals surface area contributed by atoms with Crippen LogP contribution >= 0.6 is 0 Å². The normalized spacial score (nSPS) is 21.8. The number of hydrogen-bond acceptors (Lipinski definition) is 2. The molecule has 2 nitrogen and oxygen atoms in total. The van der Waals surface area contributed by atoms with E-state index in [0.29, 0.717) is 5.92 Å². The van der Waals surface area contributed by atoms with E-state index in [4.69, 9.17) is 4.74 Å². The van der Waals surface area contributed by atoms with Gasteiger partial charge in [0.15, 0.2) is 0 Å². The SMILES string of the molecule is CC(C)(C)C#CCNCC1CCOC1. The quantitative estimate of drug-likeness (QED) is 0.546. The standard InChI is InChI=1S/C12H21NO/c1-12(2,3)6-4-7-13-9-11-5-8-14-10-11/h11,13H,5,7-10H2,1-3H3. The predicted molar refractivity (Wildman–Crippen MR) is 59.0 cm³/mol. The van der Waals surface area contributed by atoms with Crippen molar-refractivity contribution in [3.8, 4) is 11.8 Å². The van der Waals surface area contributed by atoms with Crippen molar-refractivity contribution in [2.24, 2.45) is 11.3 Å². The highest BCUT2D eigenvalue weighted by molar-refractivity contribution is 5.08. The molecule has 1 heterocycles. The molecule has 0 aromatic carbocycles. The molecular formula is C12H21NO. The minimum absolute atomic E-state index is 0.123. The topological polar surface area (TPSA) is 21.3 Å². The fraction of sp³-hybridized carbons (Fsp3) is 0.833. The summed E-state index contributed by atoms with van der Waals surface area (Å²) in [4.78, 5) is 0. The van der Waals surface area contributed by atoms with Crippen LogP contribution in [0.15, 0.2) is 0 Å². The molecule has 0 aromatic rings. The molecule has 0 spiro atoms. The second-order valence-corrected chi connectivity index (χ2v) is 4.91. The maximum atomic E-state index is 5.29. The maximum Gasteiger partial charge on any atom is 0.0576 e. The smallest absolute Gasteiger partial charge is 0.0576 e. The van der Waals surface area contributed by atoms with Crippen molar-refractivity contribution in [3.63, 3.8) is 0 Å². The first-order valence-corrected chi connectivity index (χ1v) is 5.36. The number of nitrogens with one attached hydrogen (secondary N) is 1. The van der Waals surface area contributed by atoms with Crippen LogP contribution in [0, 0.1) is 23.2 Å². The second-order valence-electron chi connectivity index (χ2n) is 4.91. The van der Waals surface area contributed by atoms with Crippen molar-refractivity contribution >= 4 is 0 Å². The van der Waals surface area contributed by atoms with Gasteiger partial charge in [0.25, 0.3) is 0 Å². The highest BCUT2D eigenvalue weighted by atomic mass is 16.5. The Morgan fingerprint density at radius 1 is 1.43 bits per heavy atom. The molecule has 0 amide bonds. The zero-order valence-electron chi connectivity index (χ0n) is 9.52. The molecule has 1 aliphatic heterocycles. The number of rotatable bonds is 3. The minimum atomic E-state index is 0.123. The van der Waals surface area contributed by atoms with Gasteiger partial charge in [-0.15, -0.1) is 0 Å². The summed E-state index contributed by atoms with van der Waals surface area (Å²) in [6.07, 6.45) is 1.19. The van der Waals surface area contributed by atoms with E-state index in [0.717, 1.165) is 26.3 Å². The maximum absolute atomic E-state index is 5.29. The Bertz CT molecular complexity index is 213. The van der Waals surface area contributed by atoms with Crippen LogP contribution in [0.3, 0.4) is 0 Å². The molecule has 14 heavy (non-hydrogen) atoms. The number of hydrogen-bond donors (Lipinski definition) is 1. The van der Waals surface area contributed by atoms with Gasteiger partial charge in [-0.05, 0) is 33.1 Å². The van der Waals surface area contributed by atoms with Crippen LogP contribution < -0.4 is 5.32 Å². The summed E-state index contributed by atoms with van der Waals surface area (Å²) in [6.45, 7) is 10.1. The van der Waals surface area contributed by atoms with Gasteiger partial charge < -0.3 is 10.1 Å². The molecule has 80 valence electrons. The first-order valence-electron chi connectivity index (χ1n) is 5.36. The van der Waals surface area contributed by atoms with E-state index in [-0.39, 0.29) is 5.41 Å². The Labute approximate surface area is 87.4 Å². The van der Waals surface area contributed by atoms with Crippen LogP contribution in [0.1, 0.15) is 27.2 Å². The van der Waals surface area contributed by atoms with Crippen LogP contribution in [0.25, 0.3) is 0 Å². The van der Waals surface area contributed by atoms with Crippen molar-refractivity contribution in [2.45, 2.75) is 27.2 Å². The molecule has 0 saturated carbocycles. The van der Waals surface area contributed by atoms with Gasteiger partial charge in [0.05, 0.1) is 13.2 Å². The molecule has 1 saturated heterocycles. The van der Waals surface area contributed by atoms with Crippen molar-refractivity contribution in [1.82, 2.24) is 5.32 Å². The molecule has 1 unspecified atom stereocenters. The van der Waals surface area contributed by atoms with Crippen molar-refractivity contribution in [1.29, 1.82) is 0 Å². The summed E-state index contributed by atoms with van der Waals surface area (Å²) in [5.74, 6) is 7.05. The molecule has 1 atom stereocenters. The lowest BCUT2D eigenvalue weighted by Crippen LogP contribution is -2.23. The Morgan fingerprint density at radius 3 is 2.79 bits per heavy atom. The van der Waals surface area contributed by atoms with E-state index in [1.807, 2.05) is 0 Å². The lowest BCUT2D eigenvalue weighted by atomic mass is 9.98. The van der Waals surface area contributed by atoms with Gasteiger partial charge >= 0.3 is 0 Å². The summed E-state index contributed by atoms with van der Waals surface area (Å²) in [6, 6.07) is 0. The molecule has 1 N–H and O–H groups in total. The average Bonchev–Trinajstić information content (AvgIpc) is 2.54. The highest BCUT2D eigenvalue weighted by Gasteiger charge is 2.14. The van der Waals surface area contributed by atoms with Crippen LogP contribution in [0.5, 0.6) is 0 Å². The van der Waals surface area contributed by atoms with Crippen LogP contribution in [-0.4, -0.2) is 26.3 Å². The Kier molecular flexibility index (Phi) is 4.44. The van der Waals surface area contributed by atoms with Gasteiger partial charge in [0, 0.05) is 18.6 Å². The van der Waals surface area contributed by atoms with Crippen LogP contribution in [0.2, 0.25) is 0 Å². The Balaban J connectivity index is 2.05. The van der Waals surface area contributed by atoms with Gasteiger partial charge in [-0.1, -0.05) is 11.8 Å². The lowest BCUT2D eigenvalue weighted by molar-refractivity contribution is 0.185. The Hall–Kier alpha value is -0.520. The zero-order chi connectivity index (χ0) is 10.4. The van der Waals surface area contributed by atoms with Crippen molar-refractivity contribution in [3.05, 3.63) is 0 Å². The summed E-state index contributed by atoms with van der Waals surface area (Å²) >= 11 is 0. The predicted octanol–water partition coefficient (Wildman–Crippen LogP) is 1.66. The fourth-order valence-corrected chi connectivity index (χ4v) is 1.39. The van der Waals surface area contributed by atoms with E-state index in [1.54, 1.807) is 0 Å². The molecule has 0 aromatic heterocycles. The molecule has 0 aliphatic carbocycles. The van der Waals surface area contributed by atoms with E-state index in [1.165, 1.54) is 6.42 Å². The van der Waals surface area contributed by atoms with Gasteiger partial charge in [0.1, 0.15) is 0 Å². The van der Waals surface area contributed by atoms with Gasteiger partial charge in [-0.25, -0.2) is 0 Å².